The fourth-order valence-corrected chi connectivity index (χ4v) is 0.839. The van der Waals surface area contributed by atoms with E-state index in [1.165, 1.54) is 11.1 Å². The summed E-state index contributed by atoms with van der Waals surface area (Å²) in [5.74, 6) is 0. The lowest BCUT2D eigenvalue weighted by Gasteiger charge is -1.98. The van der Waals surface area contributed by atoms with Crippen LogP contribution in [0.25, 0.3) is 0 Å². The lowest BCUT2D eigenvalue weighted by atomic mass is 10.1. The first kappa shape index (κ1) is 9.74. The van der Waals surface area contributed by atoms with Crippen LogP contribution in [0.4, 0.5) is 0 Å². The van der Waals surface area contributed by atoms with E-state index < -0.39 is 0 Å². The second kappa shape index (κ2) is 5.52. The summed E-state index contributed by atoms with van der Waals surface area (Å²) in [6, 6.07) is 8.15. The molecule has 1 nitrogen and oxygen atoms in total. The number of benzene rings is 1. The van der Waals surface area contributed by atoms with Gasteiger partial charge < -0.3 is 5.73 Å². The molecule has 0 aliphatic carbocycles. The summed E-state index contributed by atoms with van der Waals surface area (Å²) in [5.41, 5.74) is 7.96. The molecule has 0 unspecified atom stereocenters. The molecular formula is C10H13N. The summed E-state index contributed by atoms with van der Waals surface area (Å²) in [6.45, 7) is 2.72. The van der Waals surface area contributed by atoms with Crippen LogP contribution in [0.3, 0.4) is 0 Å². The molecule has 1 aromatic carbocycles. The highest BCUT2D eigenvalue weighted by atomic mass is 14.5. The van der Waals surface area contributed by atoms with Gasteiger partial charge in [0.05, 0.1) is 0 Å². The van der Waals surface area contributed by atoms with Crippen LogP contribution < -0.4 is 5.73 Å². The molecule has 0 saturated heterocycles. The Morgan fingerprint density at radius 2 is 1.82 bits per heavy atom. The molecule has 0 atom stereocenters. The lowest BCUT2D eigenvalue weighted by molar-refractivity contribution is 1.05. The third kappa shape index (κ3) is 2.88. The molecule has 0 amide bonds. The summed E-state index contributed by atoms with van der Waals surface area (Å²) in [5, 5.41) is 0. The molecule has 1 aromatic rings. The summed E-state index contributed by atoms with van der Waals surface area (Å²) in [7, 11) is 0. The summed E-state index contributed by atoms with van der Waals surface area (Å²) < 4.78 is 0. The second-order valence-electron chi connectivity index (χ2n) is 2.13. The number of terminal acetylenes is 1. The van der Waals surface area contributed by atoms with E-state index in [1.807, 2.05) is 12.1 Å². The van der Waals surface area contributed by atoms with Crippen LogP contribution >= 0.6 is 0 Å². The van der Waals surface area contributed by atoms with Crippen molar-refractivity contribution in [3.05, 3.63) is 35.4 Å². The highest BCUT2D eigenvalue weighted by molar-refractivity contribution is 5.24. The minimum absolute atomic E-state index is 0.646. The van der Waals surface area contributed by atoms with Gasteiger partial charge in [-0.1, -0.05) is 24.3 Å². The van der Waals surface area contributed by atoms with E-state index >= 15 is 0 Å². The van der Waals surface area contributed by atoms with Crippen LogP contribution in [0.1, 0.15) is 11.1 Å². The average Bonchev–Trinajstić information content (AvgIpc) is 2.09. The Hall–Kier alpha value is -1.26. The van der Waals surface area contributed by atoms with E-state index in [0.717, 1.165) is 0 Å². The molecule has 0 aliphatic heterocycles. The second-order valence-corrected chi connectivity index (χ2v) is 2.13. The van der Waals surface area contributed by atoms with Gasteiger partial charge in [-0.05, 0) is 18.1 Å². The van der Waals surface area contributed by atoms with Crippen molar-refractivity contribution in [2.45, 2.75) is 13.5 Å². The Kier molecular flexibility index (Phi) is 4.89. The first-order valence-corrected chi connectivity index (χ1v) is 3.42. The maximum Gasteiger partial charge on any atom is 0.0180 e. The Morgan fingerprint density at radius 3 is 2.18 bits per heavy atom. The normalized spacial score (nSPS) is 8.00. The molecular weight excluding hydrogens is 134 g/mol. The first-order valence-electron chi connectivity index (χ1n) is 3.42. The van der Waals surface area contributed by atoms with Crippen LogP contribution in [0, 0.1) is 19.8 Å². The average molecular weight is 147 g/mol. The summed E-state index contributed by atoms with van der Waals surface area (Å²) in [4.78, 5) is 0. The largest absolute Gasteiger partial charge is 0.326 e. The van der Waals surface area contributed by atoms with Gasteiger partial charge in [-0.25, -0.2) is 0 Å². The zero-order valence-corrected chi connectivity index (χ0v) is 6.75. The monoisotopic (exact) mass is 147 g/mol. The Balaban J connectivity index is 0.000000461. The minimum atomic E-state index is 0.646. The first-order chi connectivity index (χ1) is 5.34. The lowest BCUT2D eigenvalue weighted by Crippen LogP contribution is -1.97. The molecule has 0 fully saturated rings. The predicted octanol–water partition coefficient (Wildman–Crippen LogP) is 1.70. The Bertz CT molecular complexity index is 225. The highest BCUT2D eigenvalue weighted by Gasteiger charge is 1.89. The maximum atomic E-state index is 5.45. The van der Waals surface area contributed by atoms with E-state index in [1.54, 1.807) is 0 Å². The molecule has 1 rings (SSSR count). The van der Waals surface area contributed by atoms with Crippen LogP contribution in [0.2, 0.25) is 0 Å². The number of rotatable bonds is 1. The van der Waals surface area contributed by atoms with E-state index in [4.69, 9.17) is 5.73 Å². The third-order valence-corrected chi connectivity index (χ3v) is 1.48. The quantitative estimate of drug-likeness (QED) is 0.601. The van der Waals surface area contributed by atoms with Crippen molar-refractivity contribution in [3.63, 3.8) is 0 Å². The van der Waals surface area contributed by atoms with Gasteiger partial charge in [-0.2, -0.15) is 0 Å². The van der Waals surface area contributed by atoms with E-state index in [-0.39, 0.29) is 0 Å². The number of aryl methyl sites for hydroxylation is 1. The van der Waals surface area contributed by atoms with E-state index in [9.17, 15) is 0 Å². The minimum Gasteiger partial charge on any atom is -0.326 e. The number of hydrogen-bond donors (Lipinski definition) is 1. The Labute approximate surface area is 68.2 Å². The van der Waals surface area contributed by atoms with Crippen molar-refractivity contribution in [2.75, 3.05) is 0 Å². The highest BCUT2D eigenvalue weighted by Crippen LogP contribution is 2.04. The molecule has 1 heteroatoms. The van der Waals surface area contributed by atoms with Crippen molar-refractivity contribution >= 4 is 0 Å². The molecule has 11 heavy (non-hydrogen) atoms. The van der Waals surface area contributed by atoms with Gasteiger partial charge in [-0.15, -0.1) is 12.8 Å². The molecule has 0 heterocycles. The van der Waals surface area contributed by atoms with Crippen molar-refractivity contribution in [2.24, 2.45) is 5.73 Å². The number of nitrogens with two attached hydrogens (primary N) is 1. The summed E-state index contributed by atoms with van der Waals surface area (Å²) in [6.07, 6.45) is 8.00. The SMILES string of the molecule is C#C.Cc1ccccc1CN. The van der Waals surface area contributed by atoms with Crippen molar-refractivity contribution in [3.8, 4) is 12.8 Å². The molecule has 0 radical (unpaired) electrons. The standard InChI is InChI=1S/C8H11N.C2H2/c1-7-4-2-3-5-8(7)6-9;1-2/h2-5H,6,9H2,1H3;1-2H. The zero-order chi connectivity index (χ0) is 8.69. The van der Waals surface area contributed by atoms with Crippen molar-refractivity contribution in [1.82, 2.24) is 0 Å². The van der Waals surface area contributed by atoms with Gasteiger partial charge in [0, 0.05) is 6.54 Å². The predicted molar refractivity (Wildman–Crippen MR) is 49.0 cm³/mol. The molecule has 0 bridgehead atoms. The summed E-state index contributed by atoms with van der Waals surface area (Å²) >= 11 is 0. The van der Waals surface area contributed by atoms with Gasteiger partial charge in [0.15, 0.2) is 0 Å². The number of hydrogen-bond acceptors (Lipinski definition) is 1. The van der Waals surface area contributed by atoms with Gasteiger partial charge in [0.25, 0.3) is 0 Å². The van der Waals surface area contributed by atoms with Gasteiger partial charge in [0.2, 0.25) is 0 Å². The Morgan fingerprint density at radius 1 is 1.27 bits per heavy atom. The fourth-order valence-electron chi connectivity index (χ4n) is 0.839. The van der Waals surface area contributed by atoms with Crippen molar-refractivity contribution < 1.29 is 0 Å². The molecule has 0 aliphatic rings. The van der Waals surface area contributed by atoms with Crippen LogP contribution in [-0.4, -0.2) is 0 Å². The fraction of sp³-hybridized carbons (Fsp3) is 0.200. The smallest absolute Gasteiger partial charge is 0.0180 e. The van der Waals surface area contributed by atoms with Gasteiger partial charge in [0.1, 0.15) is 0 Å². The van der Waals surface area contributed by atoms with Crippen LogP contribution in [0.15, 0.2) is 24.3 Å². The maximum absolute atomic E-state index is 5.45. The molecule has 0 spiro atoms. The zero-order valence-electron chi connectivity index (χ0n) is 6.75. The van der Waals surface area contributed by atoms with E-state index in [2.05, 4.69) is 31.9 Å². The van der Waals surface area contributed by atoms with Gasteiger partial charge in [-0.3, -0.25) is 0 Å². The van der Waals surface area contributed by atoms with E-state index in [0.29, 0.717) is 6.54 Å². The molecule has 2 N–H and O–H groups in total. The van der Waals surface area contributed by atoms with Crippen LogP contribution in [0.5, 0.6) is 0 Å². The topological polar surface area (TPSA) is 26.0 Å². The third-order valence-electron chi connectivity index (χ3n) is 1.48. The van der Waals surface area contributed by atoms with Crippen LogP contribution in [-0.2, 0) is 6.54 Å². The molecule has 0 saturated carbocycles. The molecule has 0 aromatic heterocycles. The molecule has 58 valence electrons. The van der Waals surface area contributed by atoms with Crippen molar-refractivity contribution in [1.29, 1.82) is 0 Å². The van der Waals surface area contributed by atoms with Gasteiger partial charge >= 0.3 is 0 Å².